The number of hydrogen-bond donors (Lipinski definition) is 0. The van der Waals surface area contributed by atoms with Crippen LogP contribution in [0.2, 0.25) is 0 Å². The molecule has 0 fully saturated rings. The fourth-order valence-electron chi connectivity index (χ4n) is 11.9. The molecule has 5 heteroatoms. The number of aryl methyl sites for hydroxylation is 4. The van der Waals surface area contributed by atoms with E-state index in [1.807, 2.05) is 36.4 Å². The van der Waals surface area contributed by atoms with Gasteiger partial charge in [-0.05, 0) is 106 Å². The molecule has 372 valence electrons. The van der Waals surface area contributed by atoms with Crippen molar-refractivity contribution in [3.05, 3.63) is 289 Å². The molecule has 0 aliphatic rings. The smallest absolute Gasteiger partial charge is 0.179 e. The predicted molar refractivity (Wildman–Crippen MR) is 329 cm³/mol. The minimum Gasteiger partial charge on any atom is -0.308 e. The average molecular weight is 1020 g/mol. The van der Waals surface area contributed by atoms with Gasteiger partial charge in [-0.1, -0.05) is 265 Å². The molecule has 4 nitrogen and oxygen atoms in total. The van der Waals surface area contributed by atoms with Crippen LogP contribution in [0.4, 0.5) is 0 Å². The van der Waals surface area contributed by atoms with Crippen LogP contribution in [0.3, 0.4) is 0 Å². The average Bonchev–Trinajstić information content (AvgIpc) is 4.03. The van der Waals surface area contributed by atoms with Crippen molar-refractivity contribution < 1.29 is 0 Å². The molecule has 0 spiro atoms. The molecule has 13 aromatic rings. The van der Waals surface area contributed by atoms with E-state index in [0.717, 1.165) is 55.7 Å². The van der Waals surface area contributed by atoms with Crippen molar-refractivity contribution in [2.24, 2.45) is 0 Å². The molecule has 0 bridgehead atoms. The Kier molecular flexibility index (Phi) is 12.5. The van der Waals surface area contributed by atoms with Gasteiger partial charge in [0, 0.05) is 27.5 Å². The Morgan fingerprint density at radius 3 is 1.08 bits per heavy atom. The highest BCUT2D eigenvalue weighted by molar-refractivity contribution is 7.19. The summed E-state index contributed by atoms with van der Waals surface area (Å²) in [6, 6.07) is 97.8. The van der Waals surface area contributed by atoms with E-state index < -0.39 is 8.07 Å². The van der Waals surface area contributed by atoms with Crippen molar-refractivity contribution in [1.82, 2.24) is 19.5 Å². The summed E-state index contributed by atoms with van der Waals surface area (Å²) in [7, 11) is -2.87. The van der Waals surface area contributed by atoms with Gasteiger partial charge in [0.2, 0.25) is 0 Å². The number of aromatic nitrogens is 4. The van der Waals surface area contributed by atoms with Crippen LogP contribution in [-0.2, 0) is 0 Å². The summed E-state index contributed by atoms with van der Waals surface area (Å²) in [5, 5.41) is 7.62. The Bertz CT molecular complexity index is 4040. The highest BCUT2D eigenvalue weighted by atomic mass is 28.3. The van der Waals surface area contributed by atoms with E-state index in [1.165, 1.54) is 64.9 Å². The van der Waals surface area contributed by atoms with Crippen LogP contribution in [0.5, 0.6) is 0 Å². The highest BCUT2D eigenvalue weighted by Crippen LogP contribution is 2.41. The van der Waals surface area contributed by atoms with Gasteiger partial charge in [0.05, 0.1) is 16.7 Å². The molecule has 0 saturated carbocycles. The van der Waals surface area contributed by atoms with E-state index in [4.69, 9.17) is 15.0 Å². The van der Waals surface area contributed by atoms with Crippen LogP contribution < -0.4 is 20.7 Å². The van der Waals surface area contributed by atoms with Gasteiger partial charge in [-0.3, -0.25) is 0 Å². The van der Waals surface area contributed by atoms with Gasteiger partial charge < -0.3 is 4.57 Å². The summed E-state index contributed by atoms with van der Waals surface area (Å²) in [5.74, 6) is 1.81. The van der Waals surface area contributed by atoms with Crippen LogP contribution in [0.15, 0.2) is 267 Å². The first-order valence-corrected chi connectivity index (χ1v) is 28.8. The summed E-state index contributed by atoms with van der Waals surface area (Å²) in [4.78, 5) is 16.2. The summed E-state index contributed by atoms with van der Waals surface area (Å²) in [5.41, 5.74) is 17.7. The summed E-state index contributed by atoms with van der Waals surface area (Å²) < 4.78 is 2.46. The van der Waals surface area contributed by atoms with Gasteiger partial charge in [-0.15, -0.1) is 0 Å². The predicted octanol–water partition coefficient (Wildman–Crippen LogP) is 15.6. The molecule has 0 aliphatic heterocycles. The van der Waals surface area contributed by atoms with E-state index in [-0.39, 0.29) is 0 Å². The number of hydrogen-bond acceptors (Lipinski definition) is 3. The first-order chi connectivity index (χ1) is 38.3. The Morgan fingerprint density at radius 1 is 0.269 bits per heavy atom. The molecule has 11 aromatic carbocycles. The lowest BCUT2D eigenvalue weighted by Gasteiger charge is -2.34. The Hall–Kier alpha value is -9.55. The molecule has 0 aliphatic carbocycles. The molecule has 0 unspecified atom stereocenters. The third-order valence-electron chi connectivity index (χ3n) is 15.3. The minimum absolute atomic E-state index is 0.586. The van der Waals surface area contributed by atoms with E-state index in [0.29, 0.717) is 17.5 Å². The molecular weight excluding hydrogens is 961 g/mol. The first kappa shape index (κ1) is 48.1. The van der Waals surface area contributed by atoms with Gasteiger partial charge in [0.1, 0.15) is 0 Å². The van der Waals surface area contributed by atoms with Crippen molar-refractivity contribution in [3.63, 3.8) is 0 Å². The molecule has 0 radical (unpaired) electrons. The second-order valence-electron chi connectivity index (χ2n) is 20.8. The zero-order chi connectivity index (χ0) is 52.7. The second kappa shape index (κ2) is 20.2. The van der Waals surface area contributed by atoms with E-state index >= 15 is 0 Å². The third kappa shape index (κ3) is 8.84. The second-order valence-corrected chi connectivity index (χ2v) is 24.6. The van der Waals surface area contributed by atoms with Crippen LogP contribution in [0, 0.1) is 27.7 Å². The molecule has 0 atom stereocenters. The lowest BCUT2D eigenvalue weighted by Crippen LogP contribution is -2.74. The molecule has 78 heavy (non-hydrogen) atoms. The van der Waals surface area contributed by atoms with Gasteiger partial charge in [0.25, 0.3) is 0 Å². The number of nitrogens with zero attached hydrogens (tertiary/aromatic N) is 4. The Labute approximate surface area is 457 Å². The van der Waals surface area contributed by atoms with Gasteiger partial charge >= 0.3 is 0 Å². The zero-order valence-corrected chi connectivity index (χ0v) is 45.2. The van der Waals surface area contributed by atoms with Crippen molar-refractivity contribution in [2.75, 3.05) is 0 Å². The van der Waals surface area contributed by atoms with Crippen molar-refractivity contribution >= 4 is 50.6 Å². The maximum absolute atomic E-state index is 5.48. The summed E-state index contributed by atoms with van der Waals surface area (Å²) in [6.45, 7) is 8.72. The third-order valence-corrected chi connectivity index (χ3v) is 20.1. The van der Waals surface area contributed by atoms with Crippen LogP contribution in [0.25, 0.3) is 95.0 Å². The minimum atomic E-state index is -2.87. The monoisotopic (exact) mass is 1020 g/mol. The number of rotatable bonds is 11. The Balaban J connectivity index is 1.11. The largest absolute Gasteiger partial charge is 0.308 e. The lowest BCUT2D eigenvalue weighted by atomic mass is 9.98. The highest BCUT2D eigenvalue weighted by Gasteiger charge is 2.41. The molecule has 0 N–H and O–H groups in total. The normalized spacial score (nSPS) is 11.6. The van der Waals surface area contributed by atoms with Crippen molar-refractivity contribution in [1.29, 1.82) is 0 Å². The van der Waals surface area contributed by atoms with Crippen LogP contribution in [0.1, 0.15) is 22.3 Å². The molecular formula is C73H56N4Si. The number of fused-ring (bicyclic) bond motifs is 3. The van der Waals surface area contributed by atoms with Crippen molar-refractivity contribution in [2.45, 2.75) is 27.7 Å². The lowest BCUT2D eigenvalue weighted by molar-refractivity contribution is 1.06. The van der Waals surface area contributed by atoms with Gasteiger partial charge in [0.15, 0.2) is 25.5 Å². The first-order valence-electron chi connectivity index (χ1n) is 26.8. The topological polar surface area (TPSA) is 43.6 Å². The van der Waals surface area contributed by atoms with Crippen LogP contribution in [-0.4, -0.2) is 27.6 Å². The molecule has 0 amide bonds. The van der Waals surface area contributed by atoms with E-state index in [1.54, 1.807) is 0 Å². The maximum atomic E-state index is 5.48. The molecule has 2 heterocycles. The standard InChI is InChI=1S/C73H56N4Si/c1-49-39-50(2)42-59(41-49)57-33-36-65-66-37-34-58(60-43-51(3)40-52(4)44-60)48-70(66)77(69(65)47-57)68-38-35-56(46-67(68)73-75-71(53-21-10-5-11-22-53)74-72(76-73)54-23-12-6-13-24-54)55-25-20-32-64(45-55)78(61-26-14-7-15-27-61,62-28-16-8-17-29-62)63-30-18-9-19-31-63/h5-48H,1-4H3. The number of benzene rings is 11. The van der Waals surface area contributed by atoms with Crippen molar-refractivity contribution in [3.8, 4) is 73.2 Å². The fraction of sp³-hybridized carbons (Fsp3) is 0.0548. The fourth-order valence-corrected chi connectivity index (χ4v) is 16.7. The summed E-state index contributed by atoms with van der Waals surface area (Å²) in [6.07, 6.45) is 0. The van der Waals surface area contributed by atoms with E-state index in [2.05, 4.69) is 263 Å². The molecule has 2 aromatic heterocycles. The maximum Gasteiger partial charge on any atom is 0.179 e. The van der Waals surface area contributed by atoms with E-state index in [9.17, 15) is 0 Å². The van der Waals surface area contributed by atoms with Crippen LogP contribution >= 0.6 is 0 Å². The molecule has 13 rings (SSSR count). The SMILES string of the molecule is Cc1cc(C)cc(-c2ccc3c4ccc(-c5cc(C)cc(C)c5)cc4n(-c4ccc(-c5cccc([Si](c6ccccc6)(c6ccccc6)c6ccccc6)c5)cc4-c4nc(-c5ccccc5)nc(-c5ccccc5)n4)c3c2)c1. The summed E-state index contributed by atoms with van der Waals surface area (Å²) >= 11 is 0. The quantitative estimate of drug-likeness (QED) is 0.0958. The van der Waals surface area contributed by atoms with Gasteiger partial charge in [-0.2, -0.15) is 0 Å². The Morgan fingerprint density at radius 2 is 0.628 bits per heavy atom. The molecule has 0 saturated heterocycles. The zero-order valence-electron chi connectivity index (χ0n) is 44.2. The van der Waals surface area contributed by atoms with Gasteiger partial charge in [-0.25, -0.2) is 15.0 Å².